The van der Waals surface area contributed by atoms with Crippen LogP contribution >= 0.6 is 0 Å². The Bertz CT molecular complexity index is 1350. The first-order valence-corrected chi connectivity index (χ1v) is 12.3. The van der Waals surface area contributed by atoms with Crippen molar-refractivity contribution in [1.29, 1.82) is 0 Å². The molecule has 36 heavy (non-hydrogen) atoms. The Kier molecular flexibility index (Phi) is 8.12. The maximum absolute atomic E-state index is 13.0. The third kappa shape index (κ3) is 5.80. The third-order valence-corrected chi connectivity index (χ3v) is 6.39. The lowest BCUT2D eigenvalue weighted by molar-refractivity contribution is 0.122. The predicted molar refractivity (Wildman–Crippen MR) is 139 cm³/mol. The largest absolute Gasteiger partial charge is 0.497 e. The zero-order valence-corrected chi connectivity index (χ0v) is 21.3. The fraction of sp³-hybridized carbons (Fsp3) is 0.407. The molecule has 0 bridgehead atoms. The van der Waals surface area contributed by atoms with Crippen LogP contribution in [0.1, 0.15) is 48.8 Å². The van der Waals surface area contributed by atoms with Crippen molar-refractivity contribution in [2.75, 3.05) is 20.3 Å². The molecular formula is C27H34N6O3. The molecule has 0 radical (unpaired) electrons. The fourth-order valence-corrected chi connectivity index (χ4v) is 4.62. The maximum Gasteiger partial charge on any atom is 0.252 e. The van der Waals surface area contributed by atoms with E-state index < -0.39 is 0 Å². The normalized spacial score (nSPS) is 12.5. The predicted octanol–water partition coefficient (Wildman–Crippen LogP) is 3.46. The smallest absolute Gasteiger partial charge is 0.252 e. The van der Waals surface area contributed by atoms with Gasteiger partial charge in [0.2, 0.25) is 0 Å². The van der Waals surface area contributed by atoms with E-state index in [4.69, 9.17) is 4.74 Å². The number of ether oxygens (including phenoxy) is 1. The Hall–Kier alpha value is -3.56. The van der Waals surface area contributed by atoms with Gasteiger partial charge in [-0.25, -0.2) is 4.68 Å². The van der Waals surface area contributed by atoms with Crippen molar-refractivity contribution in [2.45, 2.75) is 46.3 Å². The number of aliphatic hydroxyl groups is 1. The van der Waals surface area contributed by atoms with E-state index in [2.05, 4.69) is 45.3 Å². The molecule has 0 aliphatic heterocycles. The molecule has 0 spiro atoms. The van der Waals surface area contributed by atoms with Gasteiger partial charge in [0, 0.05) is 30.8 Å². The number of fused-ring (bicyclic) bond motifs is 1. The molecule has 2 N–H and O–H groups in total. The van der Waals surface area contributed by atoms with Gasteiger partial charge in [0.1, 0.15) is 5.75 Å². The Morgan fingerprint density at radius 3 is 2.61 bits per heavy atom. The summed E-state index contributed by atoms with van der Waals surface area (Å²) in [6, 6.07) is 15.6. The van der Waals surface area contributed by atoms with Crippen LogP contribution < -0.4 is 10.3 Å². The second kappa shape index (κ2) is 11.5. The maximum atomic E-state index is 13.0. The summed E-state index contributed by atoms with van der Waals surface area (Å²) in [4.78, 5) is 18.2. The molecule has 190 valence electrons. The summed E-state index contributed by atoms with van der Waals surface area (Å²) in [6.07, 6.45) is 0.577. The number of rotatable bonds is 11. The minimum Gasteiger partial charge on any atom is -0.497 e. The highest BCUT2D eigenvalue weighted by Gasteiger charge is 2.29. The topological polar surface area (TPSA) is 109 Å². The molecular weight excluding hydrogens is 456 g/mol. The molecule has 1 atom stereocenters. The Morgan fingerprint density at radius 1 is 1.14 bits per heavy atom. The molecule has 2 heterocycles. The highest BCUT2D eigenvalue weighted by atomic mass is 16.5. The van der Waals surface area contributed by atoms with E-state index in [1.54, 1.807) is 7.11 Å². The monoisotopic (exact) mass is 490 g/mol. The molecule has 0 saturated carbocycles. The fourth-order valence-electron chi connectivity index (χ4n) is 4.62. The quantitative estimate of drug-likeness (QED) is 0.331. The van der Waals surface area contributed by atoms with Crippen molar-refractivity contribution in [3.05, 3.63) is 81.4 Å². The standard InChI is InChI=1S/C27H34N6O3/c1-18(2)25(26-29-30-31-33(26)16-20-7-9-23(36-4)10-8-20)32(12-5-13-34)17-22-15-21-14-19(3)6-11-24(21)28-27(22)35/h6-11,14-15,18,25,34H,5,12-13,16-17H2,1-4H3,(H,28,35)/t25-/m0/s1. The van der Waals surface area contributed by atoms with E-state index in [1.807, 2.05) is 54.1 Å². The number of aromatic nitrogens is 5. The van der Waals surface area contributed by atoms with Crippen molar-refractivity contribution in [1.82, 2.24) is 30.1 Å². The number of H-pyrrole nitrogens is 1. The molecule has 9 heteroatoms. The van der Waals surface area contributed by atoms with Gasteiger partial charge in [-0.3, -0.25) is 9.69 Å². The third-order valence-electron chi connectivity index (χ3n) is 6.39. The number of aliphatic hydroxyl groups excluding tert-OH is 1. The summed E-state index contributed by atoms with van der Waals surface area (Å²) < 4.78 is 7.08. The number of hydrogen-bond donors (Lipinski definition) is 2. The van der Waals surface area contributed by atoms with Crippen LogP contribution in [0.25, 0.3) is 10.9 Å². The number of hydrogen-bond acceptors (Lipinski definition) is 7. The van der Waals surface area contributed by atoms with Crippen LogP contribution in [0.5, 0.6) is 5.75 Å². The van der Waals surface area contributed by atoms with Crippen LogP contribution in [0.4, 0.5) is 0 Å². The average molecular weight is 491 g/mol. The van der Waals surface area contributed by atoms with Crippen molar-refractivity contribution in [2.24, 2.45) is 5.92 Å². The second-order valence-corrected chi connectivity index (χ2v) is 9.49. The number of nitrogens with zero attached hydrogens (tertiary/aromatic N) is 5. The van der Waals surface area contributed by atoms with Crippen LogP contribution in [-0.4, -0.2) is 55.5 Å². The summed E-state index contributed by atoms with van der Waals surface area (Å²) >= 11 is 0. The van der Waals surface area contributed by atoms with E-state index in [0.717, 1.165) is 33.6 Å². The number of benzene rings is 2. The number of aryl methyl sites for hydroxylation is 1. The van der Waals surface area contributed by atoms with Gasteiger partial charge in [0.25, 0.3) is 5.56 Å². The zero-order valence-electron chi connectivity index (χ0n) is 21.3. The van der Waals surface area contributed by atoms with E-state index in [-0.39, 0.29) is 24.1 Å². The van der Waals surface area contributed by atoms with Crippen LogP contribution in [0.15, 0.2) is 53.3 Å². The van der Waals surface area contributed by atoms with E-state index >= 15 is 0 Å². The van der Waals surface area contributed by atoms with E-state index in [9.17, 15) is 9.90 Å². The van der Waals surface area contributed by atoms with Gasteiger partial charge >= 0.3 is 0 Å². The number of aromatic amines is 1. The molecule has 0 fully saturated rings. The number of pyridine rings is 1. The van der Waals surface area contributed by atoms with Crippen LogP contribution in [0, 0.1) is 12.8 Å². The van der Waals surface area contributed by atoms with Crippen LogP contribution in [0.2, 0.25) is 0 Å². The molecule has 0 amide bonds. The highest BCUT2D eigenvalue weighted by molar-refractivity contribution is 5.79. The molecule has 0 aliphatic carbocycles. The Labute approximate surface area is 210 Å². The van der Waals surface area contributed by atoms with Gasteiger partial charge in [0.15, 0.2) is 5.82 Å². The van der Waals surface area contributed by atoms with Gasteiger partial charge in [-0.1, -0.05) is 37.6 Å². The van der Waals surface area contributed by atoms with Gasteiger partial charge in [-0.15, -0.1) is 5.10 Å². The zero-order chi connectivity index (χ0) is 25.7. The highest BCUT2D eigenvalue weighted by Crippen LogP contribution is 2.29. The molecule has 4 aromatic rings. The first-order valence-electron chi connectivity index (χ1n) is 12.3. The summed E-state index contributed by atoms with van der Waals surface area (Å²) in [6.45, 7) is 7.87. The molecule has 4 rings (SSSR count). The number of methoxy groups -OCH3 is 1. The molecule has 0 unspecified atom stereocenters. The molecule has 2 aromatic carbocycles. The summed E-state index contributed by atoms with van der Waals surface area (Å²) in [5.41, 5.74) is 3.57. The lowest BCUT2D eigenvalue weighted by Gasteiger charge is -2.33. The van der Waals surface area contributed by atoms with Crippen molar-refractivity contribution >= 4 is 10.9 Å². The van der Waals surface area contributed by atoms with Crippen LogP contribution in [-0.2, 0) is 13.1 Å². The lowest BCUT2D eigenvalue weighted by atomic mass is 10.00. The molecule has 0 saturated heterocycles. The minimum absolute atomic E-state index is 0.0609. The Balaban J connectivity index is 1.67. The summed E-state index contributed by atoms with van der Waals surface area (Å²) in [5, 5.41) is 23.3. The van der Waals surface area contributed by atoms with Crippen molar-refractivity contribution in [3.63, 3.8) is 0 Å². The average Bonchev–Trinajstić information content (AvgIpc) is 3.30. The van der Waals surface area contributed by atoms with E-state index in [0.29, 0.717) is 31.6 Å². The number of nitrogens with one attached hydrogen (secondary N) is 1. The lowest BCUT2D eigenvalue weighted by Crippen LogP contribution is -2.36. The van der Waals surface area contributed by atoms with Crippen molar-refractivity contribution in [3.8, 4) is 5.75 Å². The van der Waals surface area contributed by atoms with E-state index in [1.165, 1.54) is 0 Å². The van der Waals surface area contributed by atoms with Gasteiger partial charge in [-0.2, -0.15) is 0 Å². The summed E-state index contributed by atoms with van der Waals surface area (Å²) in [5.74, 6) is 1.68. The molecule has 2 aromatic heterocycles. The first kappa shape index (κ1) is 25.5. The Morgan fingerprint density at radius 2 is 1.92 bits per heavy atom. The second-order valence-electron chi connectivity index (χ2n) is 9.49. The summed E-state index contributed by atoms with van der Waals surface area (Å²) in [7, 11) is 1.64. The number of tetrazole rings is 1. The molecule has 0 aliphatic rings. The van der Waals surface area contributed by atoms with Gasteiger partial charge in [-0.05, 0) is 71.0 Å². The van der Waals surface area contributed by atoms with Gasteiger partial charge < -0.3 is 14.8 Å². The van der Waals surface area contributed by atoms with Gasteiger partial charge in [0.05, 0.1) is 19.7 Å². The van der Waals surface area contributed by atoms with Crippen LogP contribution in [0.3, 0.4) is 0 Å². The first-order chi connectivity index (χ1) is 17.4. The minimum atomic E-state index is -0.155. The molecule has 9 nitrogen and oxygen atoms in total. The van der Waals surface area contributed by atoms with Crippen molar-refractivity contribution < 1.29 is 9.84 Å². The SMILES string of the molecule is COc1ccc(Cn2nnnc2[C@H](C(C)C)N(CCCO)Cc2cc3cc(C)ccc3[nH]c2=O)cc1.